The summed E-state index contributed by atoms with van der Waals surface area (Å²) >= 11 is 6.55. The van der Waals surface area contributed by atoms with Gasteiger partial charge in [-0.2, -0.15) is 36.3 Å². The van der Waals surface area contributed by atoms with E-state index in [-0.39, 0.29) is 34.3 Å². The number of halogens is 10. The van der Waals surface area contributed by atoms with Gasteiger partial charge in [0.1, 0.15) is 35.7 Å². The number of nitrogens with one attached hydrogen (secondary N) is 1. The zero-order valence-corrected chi connectivity index (χ0v) is 28.0. The summed E-state index contributed by atoms with van der Waals surface area (Å²) in [5, 5.41) is 28.5. The van der Waals surface area contributed by atoms with Crippen molar-refractivity contribution in [1.29, 1.82) is 0 Å². The minimum atomic E-state index is -5.08. The first-order valence-electron chi connectivity index (χ1n) is 16.0. The van der Waals surface area contributed by atoms with Crippen molar-refractivity contribution in [3.63, 3.8) is 0 Å². The highest BCUT2D eigenvalue weighted by molar-refractivity contribution is 6.34. The van der Waals surface area contributed by atoms with Gasteiger partial charge < -0.3 is 30.3 Å². The molecule has 2 bridgehead atoms. The molecule has 21 heteroatoms. The van der Waals surface area contributed by atoms with Gasteiger partial charge in [-0.1, -0.05) is 17.7 Å². The van der Waals surface area contributed by atoms with E-state index in [9.17, 15) is 40.2 Å². The number of carboxylic acid groups (broad SMARTS) is 2. The largest absolute Gasteiger partial charge is 0.507 e. The van der Waals surface area contributed by atoms with E-state index in [0.717, 1.165) is 38.3 Å². The van der Waals surface area contributed by atoms with E-state index in [0.29, 0.717) is 49.3 Å². The van der Waals surface area contributed by atoms with Crippen LogP contribution >= 0.6 is 11.6 Å². The van der Waals surface area contributed by atoms with Crippen molar-refractivity contribution in [2.24, 2.45) is 0 Å². The number of piperazine rings is 1. The van der Waals surface area contributed by atoms with E-state index in [2.05, 4.69) is 20.1 Å². The van der Waals surface area contributed by atoms with Crippen molar-refractivity contribution in [3.8, 4) is 22.9 Å². The Morgan fingerprint density at radius 1 is 0.981 bits per heavy atom. The normalized spacial score (nSPS) is 23.9. The number of ether oxygens (including phenoxy) is 1. The molecular formula is C32H31ClF9N5O6. The van der Waals surface area contributed by atoms with E-state index < -0.39 is 53.4 Å². The number of fused-ring (bicyclic) bond motifs is 4. The molecule has 1 aromatic heterocycles. The van der Waals surface area contributed by atoms with Crippen LogP contribution in [0, 0.1) is 11.6 Å². The number of carboxylic acids is 2. The maximum absolute atomic E-state index is 16.3. The van der Waals surface area contributed by atoms with Crippen molar-refractivity contribution in [2.75, 3.05) is 37.7 Å². The highest BCUT2D eigenvalue weighted by Gasteiger charge is 2.49. The average molecular weight is 788 g/mol. The number of aliphatic carboxylic acids is 2. The molecule has 0 amide bonds. The second-order valence-electron chi connectivity index (χ2n) is 12.9. The number of phenols is 1. The van der Waals surface area contributed by atoms with Gasteiger partial charge in [-0.05, 0) is 50.4 Å². The van der Waals surface area contributed by atoms with Crippen LogP contribution in [0.5, 0.6) is 11.8 Å². The topological polar surface area (TPSA) is 148 Å². The quantitative estimate of drug-likeness (QED) is 0.223. The van der Waals surface area contributed by atoms with Gasteiger partial charge in [0.2, 0.25) is 0 Å². The van der Waals surface area contributed by atoms with Gasteiger partial charge in [-0.3, -0.25) is 4.90 Å². The van der Waals surface area contributed by atoms with Crippen LogP contribution in [-0.4, -0.2) is 111 Å². The minimum absolute atomic E-state index is 0.0168. The van der Waals surface area contributed by atoms with E-state index >= 15 is 4.39 Å². The second-order valence-corrected chi connectivity index (χ2v) is 13.3. The maximum atomic E-state index is 16.3. The molecule has 4 fully saturated rings. The van der Waals surface area contributed by atoms with Gasteiger partial charge in [-0.25, -0.2) is 22.8 Å². The van der Waals surface area contributed by atoms with Gasteiger partial charge in [0.15, 0.2) is 5.82 Å². The number of aromatic hydroxyl groups is 1. The van der Waals surface area contributed by atoms with Gasteiger partial charge in [-0.15, -0.1) is 0 Å². The van der Waals surface area contributed by atoms with Crippen molar-refractivity contribution < 1.29 is 69.2 Å². The van der Waals surface area contributed by atoms with Crippen molar-refractivity contribution in [3.05, 3.63) is 40.9 Å². The van der Waals surface area contributed by atoms with Crippen LogP contribution in [0.3, 0.4) is 0 Å². The smallest absolute Gasteiger partial charge is 0.490 e. The summed E-state index contributed by atoms with van der Waals surface area (Å²) in [5.41, 5.74) is -1.09. The van der Waals surface area contributed by atoms with Gasteiger partial charge >= 0.3 is 30.3 Å². The first-order valence-corrected chi connectivity index (χ1v) is 16.4. The Balaban J connectivity index is 0.000000330. The molecule has 4 aliphatic heterocycles. The predicted molar refractivity (Wildman–Crippen MR) is 170 cm³/mol. The maximum Gasteiger partial charge on any atom is 0.490 e. The molecule has 7 rings (SSSR count). The minimum Gasteiger partial charge on any atom is -0.507 e. The number of benzene rings is 2. The molecule has 0 saturated carbocycles. The van der Waals surface area contributed by atoms with E-state index in [4.69, 9.17) is 41.1 Å². The van der Waals surface area contributed by atoms with Gasteiger partial charge in [0.25, 0.3) is 0 Å². The summed E-state index contributed by atoms with van der Waals surface area (Å²) in [6.45, 7) is 2.76. The number of nitrogens with zero attached hydrogens (tertiary/aromatic N) is 4. The first-order chi connectivity index (χ1) is 24.7. The van der Waals surface area contributed by atoms with E-state index in [1.165, 1.54) is 18.2 Å². The molecule has 0 unspecified atom stereocenters. The SMILES string of the molecule is O=C(O)C(F)(F)F.O=C(O)C(F)(F)F.Oc1cccc(F)c1-c1c(Cl)cc2c(N3C[C@H]4CC[C@@H](C3)N4)nc(OC[C@@]34CCCN3C[C@H](F)C4)nc2c1F. The number of aromatic nitrogens is 2. The Labute approximate surface area is 299 Å². The summed E-state index contributed by atoms with van der Waals surface area (Å²) in [4.78, 5) is 31.2. The molecule has 3 aromatic rings. The highest BCUT2D eigenvalue weighted by Crippen LogP contribution is 2.44. The molecule has 4 N–H and O–H groups in total. The standard InChI is InChI=1S/C28H29ClF3N5O2.2C2HF3O2/c29-19-9-18-25(24(32)22(19)23-20(31)3-1-4-21(23)38)34-27(35-26(18)36-12-16-5-6-17(13-36)33-16)39-14-28-7-2-8-37(28)11-15(30)10-28;2*3-2(4,5)1(6)7/h1,3-4,9,15-17,33,38H,2,5-8,10-14H2;2*(H,6,7)/t15-,16-,17+,28+;;/m1../s1. The summed E-state index contributed by atoms with van der Waals surface area (Å²) in [6.07, 6.45) is -6.82. The number of carbonyl (C=O) groups is 2. The van der Waals surface area contributed by atoms with Crippen LogP contribution in [0.4, 0.5) is 45.3 Å². The molecule has 0 radical (unpaired) electrons. The molecule has 53 heavy (non-hydrogen) atoms. The van der Waals surface area contributed by atoms with Gasteiger partial charge in [0, 0.05) is 49.1 Å². The van der Waals surface area contributed by atoms with E-state index in [1.54, 1.807) is 0 Å². The first kappa shape index (κ1) is 39.9. The number of hydrogen-bond acceptors (Lipinski definition) is 9. The van der Waals surface area contributed by atoms with Crippen molar-refractivity contribution >= 4 is 40.3 Å². The number of rotatable bonds is 5. The molecule has 0 spiro atoms. The zero-order valence-electron chi connectivity index (χ0n) is 27.2. The molecule has 4 atom stereocenters. The van der Waals surface area contributed by atoms with Crippen LogP contribution < -0.4 is 15.0 Å². The van der Waals surface area contributed by atoms with Crippen LogP contribution in [-0.2, 0) is 9.59 Å². The number of hydrogen-bond donors (Lipinski definition) is 4. The third kappa shape index (κ3) is 8.75. The zero-order chi connectivity index (χ0) is 39.0. The van der Waals surface area contributed by atoms with Crippen LogP contribution in [0.25, 0.3) is 22.0 Å². The lowest BCUT2D eigenvalue weighted by Gasteiger charge is -2.34. The molecule has 0 aliphatic carbocycles. The Bertz CT molecular complexity index is 1810. The lowest BCUT2D eigenvalue weighted by Crippen LogP contribution is -2.51. The highest BCUT2D eigenvalue weighted by atomic mass is 35.5. The third-order valence-corrected chi connectivity index (χ3v) is 9.61. The van der Waals surface area contributed by atoms with Crippen molar-refractivity contribution in [2.45, 2.75) is 68.3 Å². The summed E-state index contributed by atoms with van der Waals surface area (Å²) in [7, 11) is 0. The monoisotopic (exact) mass is 787 g/mol. The number of alkyl halides is 7. The lowest BCUT2D eigenvalue weighted by molar-refractivity contribution is -0.193. The van der Waals surface area contributed by atoms with Crippen molar-refractivity contribution in [1.82, 2.24) is 20.2 Å². The fourth-order valence-electron chi connectivity index (χ4n) is 7.07. The average Bonchev–Trinajstić information content (AvgIpc) is 3.71. The molecule has 2 aromatic carbocycles. The Kier molecular flexibility index (Phi) is 11.5. The second kappa shape index (κ2) is 15.2. The Morgan fingerprint density at radius 2 is 1.58 bits per heavy atom. The van der Waals surface area contributed by atoms with Crippen LogP contribution in [0.15, 0.2) is 24.3 Å². The third-order valence-electron chi connectivity index (χ3n) is 9.32. The summed E-state index contributed by atoms with van der Waals surface area (Å²) < 4.78 is 115. The van der Waals surface area contributed by atoms with Crippen LogP contribution in [0.2, 0.25) is 5.02 Å². The molecule has 4 aliphatic rings. The molecule has 5 heterocycles. The molecular weight excluding hydrogens is 757 g/mol. The Morgan fingerprint density at radius 3 is 2.15 bits per heavy atom. The van der Waals surface area contributed by atoms with Crippen LogP contribution in [0.1, 0.15) is 32.1 Å². The van der Waals surface area contributed by atoms with E-state index in [1.807, 2.05) is 0 Å². The number of anilines is 1. The van der Waals surface area contributed by atoms with Gasteiger partial charge in [0.05, 0.1) is 16.1 Å². The fourth-order valence-corrected chi connectivity index (χ4v) is 7.36. The predicted octanol–water partition coefficient (Wildman–Crippen LogP) is 6.10. The fraction of sp³-hybridized carbons (Fsp3) is 0.500. The molecule has 290 valence electrons. The summed E-state index contributed by atoms with van der Waals surface area (Å²) in [6, 6.07) is 5.85. The number of phenolic OH excluding ortho intramolecular Hbond substituents is 1. The molecule has 4 saturated heterocycles. The molecule has 11 nitrogen and oxygen atoms in total. The lowest BCUT2D eigenvalue weighted by atomic mass is 9.95. The summed E-state index contributed by atoms with van der Waals surface area (Å²) in [5.74, 6) is -7.12. The Hall–Kier alpha value is -4.30.